The molecule has 2 aliphatic carbocycles. The molecule has 0 aliphatic heterocycles. The van der Waals surface area contributed by atoms with Crippen LogP contribution in [0, 0.1) is 11.8 Å². The molecule has 3 unspecified atom stereocenters. The Morgan fingerprint density at radius 3 is 3.11 bits per heavy atom. The SMILES string of the molecule is CCc1nsc(NCC2C3Cc4ccccc4C23)n1. The molecule has 4 rings (SSSR count). The fourth-order valence-electron chi connectivity index (χ4n) is 3.44. The zero-order chi connectivity index (χ0) is 12.8. The third-order valence-electron chi connectivity index (χ3n) is 4.47. The van der Waals surface area contributed by atoms with Crippen molar-refractivity contribution in [2.75, 3.05) is 11.9 Å². The first-order chi connectivity index (χ1) is 9.36. The van der Waals surface area contributed by atoms with Gasteiger partial charge in [-0.3, -0.25) is 0 Å². The standard InChI is InChI=1S/C15H17N3S/c1-2-13-17-15(19-18-13)16-8-12-11-7-9-5-3-4-6-10(9)14(11)12/h3-6,11-12,14H,2,7-8H2,1H3,(H,16,17,18). The number of anilines is 1. The van der Waals surface area contributed by atoms with Crippen LogP contribution >= 0.6 is 11.5 Å². The van der Waals surface area contributed by atoms with Crippen LogP contribution in [0.25, 0.3) is 0 Å². The molecule has 1 saturated carbocycles. The van der Waals surface area contributed by atoms with Gasteiger partial charge in [-0.1, -0.05) is 31.2 Å². The summed E-state index contributed by atoms with van der Waals surface area (Å²) in [7, 11) is 0. The van der Waals surface area contributed by atoms with Crippen molar-refractivity contribution < 1.29 is 0 Å². The van der Waals surface area contributed by atoms with Gasteiger partial charge in [-0.25, -0.2) is 4.98 Å². The van der Waals surface area contributed by atoms with Crippen LogP contribution < -0.4 is 5.32 Å². The molecule has 3 atom stereocenters. The monoisotopic (exact) mass is 271 g/mol. The molecule has 19 heavy (non-hydrogen) atoms. The molecule has 0 amide bonds. The van der Waals surface area contributed by atoms with Crippen molar-refractivity contribution in [3.05, 3.63) is 41.2 Å². The highest BCUT2D eigenvalue weighted by Gasteiger charge is 2.54. The number of benzene rings is 1. The molecule has 4 heteroatoms. The lowest BCUT2D eigenvalue weighted by Gasteiger charge is -2.07. The molecule has 0 bridgehead atoms. The molecule has 98 valence electrons. The number of aromatic nitrogens is 2. The lowest BCUT2D eigenvalue weighted by molar-refractivity contribution is 0.719. The highest BCUT2D eigenvalue weighted by atomic mass is 32.1. The molecular weight excluding hydrogens is 254 g/mol. The van der Waals surface area contributed by atoms with Crippen LogP contribution in [-0.4, -0.2) is 15.9 Å². The van der Waals surface area contributed by atoms with Crippen LogP contribution in [0.4, 0.5) is 5.13 Å². The summed E-state index contributed by atoms with van der Waals surface area (Å²) in [5, 5.41) is 4.45. The van der Waals surface area contributed by atoms with E-state index in [4.69, 9.17) is 0 Å². The average molecular weight is 271 g/mol. The summed E-state index contributed by atoms with van der Waals surface area (Å²) in [6.45, 7) is 3.13. The van der Waals surface area contributed by atoms with Crippen LogP contribution in [0.15, 0.2) is 24.3 Å². The largest absolute Gasteiger partial charge is 0.360 e. The molecule has 0 radical (unpaired) electrons. The van der Waals surface area contributed by atoms with Gasteiger partial charge in [0.05, 0.1) is 0 Å². The maximum atomic E-state index is 4.46. The van der Waals surface area contributed by atoms with Crippen molar-refractivity contribution in [1.29, 1.82) is 0 Å². The number of rotatable bonds is 4. The molecular formula is C15H17N3S. The first kappa shape index (κ1) is 11.4. The van der Waals surface area contributed by atoms with Gasteiger partial charge in [0.1, 0.15) is 5.82 Å². The van der Waals surface area contributed by atoms with Gasteiger partial charge in [-0.05, 0) is 35.3 Å². The summed E-state index contributed by atoms with van der Waals surface area (Å²) in [6, 6.07) is 8.91. The minimum absolute atomic E-state index is 0.794. The van der Waals surface area contributed by atoms with Crippen LogP contribution in [0.5, 0.6) is 0 Å². The summed E-state index contributed by atoms with van der Waals surface area (Å²) in [6.07, 6.45) is 2.18. The molecule has 1 N–H and O–H groups in total. The summed E-state index contributed by atoms with van der Waals surface area (Å²) in [5.41, 5.74) is 3.16. The van der Waals surface area contributed by atoms with Gasteiger partial charge >= 0.3 is 0 Å². The minimum atomic E-state index is 0.794. The molecule has 1 aromatic heterocycles. The van der Waals surface area contributed by atoms with E-state index in [-0.39, 0.29) is 0 Å². The van der Waals surface area contributed by atoms with Crippen LogP contribution in [0.3, 0.4) is 0 Å². The smallest absolute Gasteiger partial charge is 0.202 e. The van der Waals surface area contributed by atoms with E-state index in [9.17, 15) is 0 Å². The topological polar surface area (TPSA) is 37.8 Å². The van der Waals surface area contributed by atoms with E-state index in [1.54, 1.807) is 11.1 Å². The van der Waals surface area contributed by atoms with E-state index < -0.39 is 0 Å². The highest BCUT2D eigenvalue weighted by Crippen LogP contribution is 2.61. The first-order valence-corrected chi connectivity index (χ1v) is 7.78. The van der Waals surface area contributed by atoms with Gasteiger partial charge in [-0.15, -0.1) is 0 Å². The average Bonchev–Trinajstić information content (AvgIpc) is 2.81. The summed E-state index contributed by atoms with van der Waals surface area (Å²) in [4.78, 5) is 4.46. The van der Waals surface area contributed by atoms with Crippen molar-refractivity contribution in [2.24, 2.45) is 11.8 Å². The van der Waals surface area contributed by atoms with Crippen molar-refractivity contribution >= 4 is 16.7 Å². The zero-order valence-corrected chi connectivity index (χ0v) is 11.8. The van der Waals surface area contributed by atoms with Crippen molar-refractivity contribution in [2.45, 2.75) is 25.7 Å². The number of fused-ring (bicyclic) bond motifs is 3. The highest BCUT2D eigenvalue weighted by molar-refractivity contribution is 7.09. The number of nitrogens with one attached hydrogen (secondary N) is 1. The summed E-state index contributed by atoms with van der Waals surface area (Å²) in [5.74, 6) is 3.41. The Kier molecular flexibility index (Phi) is 2.58. The first-order valence-electron chi connectivity index (χ1n) is 7.01. The fourth-order valence-corrected chi connectivity index (χ4v) is 4.09. The van der Waals surface area contributed by atoms with E-state index in [1.807, 2.05) is 0 Å². The van der Waals surface area contributed by atoms with Gasteiger partial charge in [-0.2, -0.15) is 4.37 Å². The molecule has 0 spiro atoms. The Hall–Kier alpha value is -1.42. The third kappa shape index (κ3) is 1.86. The van der Waals surface area contributed by atoms with E-state index in [2.05, 4.69) is 45.9 Å². The van der Waals surface area contributed by atoms with Gasteiger partial charge in [0.2, 0.25) is 5.13 Å². The lowest BCUT2D eigenvalue weighted by Crippen LogP contribution is -2.07. The van der Waals surface area contributed by atoms with Gasteiger partial charge < -0.3 is 5.32 Å². The Balaban J connectivity index is 1.40. The van der Waals surface area contributed by atoms with Crippen molar-refractivity contribution in [1.82, 2.24) is 9.36 Å². The second-order valence-electron chi connectivity index (χ2n) is 5.51. The molecule has 2 aromatic rings. The molecule has 3 nitrogen and oxygen atoms in total. The van der Waals surface area contributed by atoms with Gasteiger partial charge in [0, 0.05) is 24.5 Å². The fraction of sp³-hybridized carbons (Fsp3) is 0.467. The number of hydrogen-bond donors (Lipinski definition) is 1. The Morgan fingerprint density at radius 1 is 1.37 bits per heavy atom. The maximum Gasteiger partial charge on any atom is 0.202 e. The predicted molar refractivity (Wildman–Crippen MR) is 77.6 cm³/mol. The van der Waals surface area contributed by atoms with Crippen LogP contribution in [-0.2, 0) is 12.8 Å². The molecule has 1 aromatic carbocycles. The Morgan fingerprint density at radius 2 is 2.26 bits per heavy atom. The summed E-state index contributed by atoms with van der Waals surface area (Å²) >= 11 is 1.49. The summed E-state index contributed by atoms with van der Waals surface area (Å²) < 4.78 is 4.31. The Labute approximate surface area is 117 Å². The second-order valence-corrected chi connectivity index (χ2v) is 6.26. The van der Waals surface area contributed by atoms with E-state index >= 15 is 0 Å². The van der Waals surface area contributed by atoms with E-state index in [0.717, 1.165) is 41.7 Å². The molecule has 1 heterocycles. The molecule has 2 aliphatic rings. The maximum absolute atomic E-state index is 4.46. The lowest BCUT2D eigenvalue weighted by atomic mass is 10.0. The predicted octanol–water partition coefficient (Wildman–Crippen LogP) is 3.10. The van der Waals surface area contributed by atoms with E-state index in [0.29, 0.717) is 0 Å². The normalized spacial score (nSPS) is 26.9. The molecule has 0 saturated heterocycles. The van der Waals surface area contributed by atoms with Crippen LogP contribution in [0.1, 0.15) is 29.8 Å². The van der Waals surface area contributed by atoms with Crippen molar-refractivity contribution in [3.8, 4) is 0 Å². The second kappa shape index (κ2) is 4.30. The third-order valence-corrected chi connectivity index (χ3v) is 5.19. The van der Waals surface area contributed by atoms with Gasteiger partial charge in [0.15, 0.2) is 0 Å². The van der Waals surface area contributed by atoms with Gasteiger partial charge in [0.25, 0.3) is 0 Å². The van der Waals surface area contributed by atoms with E-state index in [1.165, 1.54) is 18.0 Å². The zero-order valence-electron chi connectivity index (χ0n) is 11.0. The quantitative estimate of drug-likeness (QED) is 0.928. The number of hydrogen-bond acceptors (Lipinski definition) is 4. The minimum Gasteiger partial charge on any atom is -0.360 e. The molecule has 1 fully saturated rings. The van der Waals surface area contributed by atoms with Crippen molar-refractivity contribution in [3.63, 3.8) is 0 Å². The number of nitrogens with zero attached hydrogens (tertiary/aromatic N) is 2. The van der Waals surface area contributed by atoms with Crippen LogP contribution in [0.2, 0.25) is 0 Å². The Bertz CT molecular complexity index is 607. The number of aryl methyl sites for hydroxylation is 1.